The molecule has 128 valence electrons. The highest BCUT2D eigenvalue weighted by atomic mass is 15.1. The highest BCUT2D eigenvalue weighted by Gasteiger charge is 2.13. The molecule has 0 spiro atoms. The van der Waals surface area contributed by atoms with Crippen LogP contribution >= 0.6 is 0 Å². The maximum Gasteiger partial charge on any atom is 0.224 e. The Bertz CT molecular complexity index is 836. The molecule has 1 aromatic carbocycles. The Hall–Kier alpha value is -2.95. The molecule has 3 aromatic rings. The fourth-order valence-corrected chi connectivity index (χ4v) is 2.49. The number of nitrogens with one attached hydrogen (secondary N) is 2. The van der Waals surface area contributed by atoms with Crippen LogP contribution in [0.3, 0.4) is 0 Å². The normalized spacial score (nSPS) is 11.2. The average molecular weight is 333 g/mol. The van der Waals surface area contributed by atoms with E-state index in [1.54, 1.807) is 12.4 Å². The van der Waals surface area contributed by atoms with E-state index in [0.717, 1.165) is 22.8 Å². The Morgan fingerprint density at radius 1 is 0.960 bits per heavy atom. The molecule has 0 radical (unpaired) electrons. The van der Waals surface area contributed by atoms with E-state index in [1.807, 2.05) is 25.2 Å². The molecular formula is C20H23N5. The van der Waals surface area contributed by atoms with Crippen molar-refractivity contribution < 1.29 is 0 Å². The predicted molar refractivity (Wildman–Crippen MR) is 103 cm³/mol. The van der Waals surface area contributed by atoms with Gasteiger partial charge in [-0.05, 0) is 35.2 Å². The minimum Gasteiger partial charge on any atom is -0.357 e. The lowest BCUT2D eigenvalue weighted by atomic mass is 9.87. The number of hydrogen-bond donors (Lipinski definition) is 2. The van der Waals surface area contributed by atoms with Crippen molar-refractivity contribution in [2.24, 2.45) is 0 Å². The molecular weight excluding hydrogens is 310 g/mol. The summed E-state index contributed by atoms with van der Waals surface area (Å²) in [5, 5.41) is 6.37. The van der Waals surface area contributed by atoms with Crippen molar-refractivity contribution >= 4 is 17.5 Å². The van der Waals surface area contributed by atoms with Gasteiger partial charge in [0.05, 0.1) is 5.69 Å². The molecule has 0 unspecified atom stereocenters. The van der Waals surface area contributed by atoms with Gasteiger partial charge in [-0.3, -0.25) is 4.98 Å². The molecule has 0 aliphatic heterocycles. The number of rotatable bonds is 4. The topological polar surface area (TPSA) is 62.7 Å². The third-order valence-electron chi connectivity index (χ3n) is 3.93. The monoisotopic (exact) mass is 333 g/mol. The van der Waals surface area contributed by atoms with E-state index in [0.29, 0.717) is 5.95 Å². The van der Waals surface area contributed by atoms with Crippen molar-refractivity contribution in [3.8, 4) is 11.3 Å². The Labute approximate surface area is 148 Å². The Morgan fingerprint density at radius 2 is 1.72 bits per heavy atom. The second-order valence-electron chi connectivity index (χ2n) is 6.91. The minimum atomic E-state index is 0.139. The van der Waals surface area contributed by atoms with Gasteiger partial charge in [0.25, 0.3) is 0 Å². The maximum absolute atomic E-state index is 4.51. The van der Waals surface area contributed by atoms with Crippen molar-refractivity contribution in [3.63, 3.8) is 0 Å². The van der Waals surface area contributed by atoms with Gasteiger partial charge >= 0.3 is 0 Å². The quantitative estimate of drug-likeness (QED) is 0.729. The van der Waals surface area contributed by atoms with Crippen LogP contribution in [0, 0.1) is 0 Å². The number of anilines is 3. The fourth-order valence-electron chi connectivity index (χ4n) is 2.49. The zero-order valence-electron chi connectivity index (χ0n) is 15.0. The maximum atomic E-state index is 4.51. The van der Waals surface area contributed by atoms with Crippen molar-refractivity contribution in [3.05, 3.63) is 60.4 Å². The third-order valence-corrected chi connectivity index (χ3v) is 3.93. The molecule has 0 aliphatic carbocycles. The third kappa shape index (κ3) is 4.12. The number of nitrogens with zero attached hydrogens (tertiary/aromatic N) is 3. The molecule has 0 fully saturated rings. The van der Waals surface area contributed by atoms with Crippen molar-refractivity contribution in [1.29, 1.82) is 0 Å². The summed E-state index contributed by atoms with van der Waals surface area (Å²) in [7, 11) is 1.81. The Kier molecular flexibility index (Phi) is 4.65. The summed E-state index contributed by atoms with van der Waals surface area (Å²) >= 11 is 0. The van der Waals surface area contributed by atoms with E-state index in [4.69, 9.17) is 0 Å². The molecule has 0 saturated carbocycles. The van der Waals surface area contributed by atoms with E-state index in [-0.39, 0.29) is 5.41 Å². The van der Waals surface area contributed by atoms with Gasteiger partial charge in [-0.2, -0.15) is 4.98 Å². The minimum absolute atomic E-state index is 0.139. The van der Waals surface area contributed by atoms with Gasteiger partial charge < -0.3 is 10.6 Å². The Morgan fingerprint density at radius 3 is 2.32 bits per heavy atom. The second kappa shape index (κ2) is 6.89. The zero-order valence-corrected chi connectivity index (χ0v) is 15.0. The number of pyridine rings is 1. The summed E-state index contributed by atoms with van der Waals surface area (Å²) in [6.07, 6.45) is 3.54. The van der Waals surface area contributed by atoms with Crippen molar-refractivity contribution in [1.82, 2.24) is 15.0 Å². The number of aromatic nitrogens is 3. The van der Waals surface area contributed by atoms with Gasteiger partial charge in [0, 0.05) is 36.8 Å². The first-order valence-electron chi connectivity index (χ1n) is 8.30. The lowest BCUT2D eigenvalue weighted by Crippen LogP contribution is -2.10. The van der Waals surface area contributed by atoms with Crippen LogP contribution in [-0.2, 0) is 5.41 Å². The van der Waals surface area contributed by atoms with Crippen LogP contribution < -0.4 is 10.6 Å². The molecule has 0 saturated heterocycles. The van der Waals surface area contributed by atoms with E-state index in [1.165, 1.54) is 5.56 Å². The predicted octanol–water partition coefficient (Wildman–Crippen LogP) is 4.62. The first-order valence-corrected chi connectivity index (χ1v) is 8.30. The summed E-state index contributed by atoms with van der Waals surface area (Å²) in [5.74, 6) is 1.30. The number of benzene rings is 1. The SMILES string of the molecule is CNc1nc(Nc2ccc(C(C)(C)C)cc2)cc(-c2cccnc2)n1. The van der Waals surface area contributed by atoms with Crippen LogP contribution in [0.25, 0.3) is 11.3 Å². The summed E-state index contributed by atoms with van der Waals surface area (Å²) in [5.41, 5.74) is 4.20. The van der Waals surface area contributed by atoms with Gasteiger partial charge in [0.1, 0.15) is 5.82 Å². The van der Waals surface area contributed by atoms with Gasteiger partial charge in [-0.15, -0.1) is 0 Å². The van der Waals surface area contributed by atoms with Crippen LogP contribution in [-0.4, -0.2) is 22.0 Å². The van der Waals surface area contributed by atoms with Crippen molar-refractivity contribution in [2.45, 2.75) is 26.2 Å². The lowest BCUT2D eigenvalue weighted by molar-refractivity contribution is 0.590. The van der Waals surface area contributed by atoms with E-state index >= 15 is 0 Å². The largest absolute Gasteiger partial charge is 0.357 e. The van der Waals surface area contributed by atoms with Crippen LogP contribution in [0.2, 0.25) is 0 Å². The van der Waals surface area contributed by atoms with Gasteiger partial charge in [-0.1, -0.05) is 32.9 Å². The van der Waals surface area contributed by atoms with Gasteiger partial charge in [0.2, 0.25) is 5.95 Å². The Balaban J connectivity index is 1.89. The van der Waals surface area contributed by atoms with Crippen LogP contribution in [0.5, 0.6) is 0 Å². The molecule has 5 nitrogen and oxygen atoms in total. The van der Waals surface area contributed by atoms with Gasteiger partial charge in [-0.25, -0.2) is 4.98 Å². The highest BCUT2D eigenvalue weighted by molar-refractivity contribution is 5.66. The van der Waals surface area contributed by atoms with E-state index in [2.05, 4.69) is 70.6 Å². The molecule has 0 aliphatic rings. The lowest BCUT2D eigenvalue weighted by Gasteiger charge is -2.19. The molecule has 5 heteroatoms. The van der Waals surface area contributed by atoms with Crippen LogP contribution in [0.1, 0.15) is 26.3 Å². The molecule has 3 rings (SSSR count). The molecule has 0 atom stereocenters. The summed E-state index contributed by atoms with van der Waals surface area (Å²) < 4.78 is 0. The van der Waals surface area contributed by atoms with E-state index in [9.17, 15) is 0 Å². The van der Waals surface area contributed by atoms with Gasteiger partial charge in [0.15, 0.2) is 0 Å². The summed E-state index contributed by atoms with van der Waals surface area (Å²) in [6, 6.07) is 14.2. The molecule has 0 amide bonds. The summed E-state index contributed by atoms with van der Waals surface area (Å²) in [4.78, 5) is 13.2. The van der Waals surface area contributed by atoms with E-state index < -0.39 is 0 Å². The standard InChI is InChI=1S/C20H23N5/c1-20(2,3)15-7-9-16(10-8-15)23-18-12-17(24-19(21-4)25-18)14-6-5-11-22-13-14/h5-13H,1-4H3,(H2,21,23,24,25). The molecule has 25 heavy (non-hydrogen) atoms. The van der Waals surface area contributed by atoms with Crippen LogP contribution in [0.4, 0.5) is 17.5 Å². The first-order chi connectivity index (χ1) is 12.0. The van der Waals surface area contributed by atoms with Crippen molar-refractivity contribution in [2.75, 3.05) is 17.7 Å². The second-order valence-corrected chi connectivity index (χ2v) is 6.91. The van der Waals surface area contributed by atoms with Crippen LogP contribution in [0.15, 0.2) is 54.9 Å². The molecule has 0 bridgehead atoms. The zero-order chi connectivity index (χ0) is 17.9. The molecule has 2 N–H and O–H groups in total. The highest BCUT2D eigenvalue weighted by Crippen LogP contribution is 2.26. The molecule has 2 aromatic heterocycles. The first kappa shape index (κ1) is 16.9. The smallest absolute Gasteiger partial charge is 0.224 e. The summed E-state index contributed by atoms with van der Waals surface area (Å²) in [6.45, 7) is 6.62. The fraction of sp³-hybridized carbons (Fsp3) is 0.250. The number of hydrogen-bond acceptors (Lipinski definition) is 5. The molecule has 2 heterocycles. The average Bonchev–Trinajstić information content (AvgIpc) is 2.62.